The predicted molar refractivity (Wildman–Crippen MR) is 83.8 cm³/mol. The molecule has 1 saturated heterocycles. The highest BCUT2D eigenvalue weighted by atomic mass is 16.5. The number of hydrogen-bond donors (Lipinski definition) is 1. The summed E-state index contributed by atoms with van der Waals surface area (Å²) in [5, 5.41) is 2.88. The van der Waals surface area contributed by atoms with Crippen LogP contribution >= 0.6 is 0 Å². The van der Waals surface area contributed by atoms with Crippen molar-refractivity contribution < 1.29 is 14.3 Å². The molecular weight excluding hydrogens is 268 g/mol. The van der Waals surface area contributed by atoms with E-state index in [9.17, 15) is 4.79 Å². The van der Waals surface area contributed by atoms with E-state index in [4.69, 9.17) is 9.47 Å². The Kier molecular flexibility index (Phi) is 6.02. The molecule has 1 N–H and O–H groups in total. The smallest absolute Gasteiger partial charge is 0.226 e. The Hall–Kier alpha value is -1.59. The van der Waals surface area contributed by atoms with Gasteiger partial charge in [-0.1, -0.05) is 0 Å². The summed E-state index contributed by atoms with van der Waals surface area (Å²) in [7, 11) is 0. The largest absolute Gasteiger partial charge is 0.381 e. The molecule has 116 valence electrons. The van der Waals surface area contributed by atoms with Crippen LogP contribution in [0.1, 0.15) is 20.3 Å². The number of rotatable bonds is 6. The predicted octanol–water partition coefficient (Wildman–Crippen LogP) is 2.28. The van der Waals surface area contributed by atoms with E-state index < -0.39 is 0 Å². The Morgan fingerprint density at radius 1 is 1.43 bits per heavy atom. The normalized spacial score (nSPS) is 18.6. The second-order valence-electron chi connectivity index (χ2n) is 5.17. The van der Waals surface area contributed by atoms with Gasteiger partial charge in [0.05, 0.1) is 25.7 Å². The van der Waals surface area contributed by atoms with Crippen molar-refractivity contribution in [2.75, 3.05) is 43.1 Å². The van der Waals surface area contributed by atoms with Crippen molar-refractivity contribution in [1.29, 1.82) is 0 Å². The lowest BCUT2D eigenvalue weighted by molar-refractivity contribution is -0.117. The third-order valence-corrected chi connectivity index (χ3v) is 3.43. The van der Waals surface area contributed by atoms with Crippen LogP contribution in [0.25, 0.3) is 0 Å². The number of nitrogens with one attached hydrogen (secondary N) is 1. The van der Waals surface area contributed by atoms with Crippen LogP contribution in [0.2, 0.25) is 0 Å². The van der Waals surface area contributed by atoms with Gasteiger partial charge in [-0.2, -0.15) is 0 Å². The molecule has 1 amide bonds. The topological polar surface area (TPSA) is 50.8 Å². The van der Waals surface area contributed by atoms with Gasteiger partial charge in [-0.3, -0.25) is 4.79 Å². The van der Waals surface area contributed by atoms with E-state index in [1.807, 2.05) is 31.2 Å². The Morgan fingerprint density at radius 2 is 2.19 bits per heavy atom. The van der Waals surface area contributed by atoms with Gasteiger partial charge < -0.3 is 19.7 Å². The molecule has 1 aromatic rings. The van der Waals surface area contributed by atoms with E-state index in [2.05, 4.69) is 17.1 Å². The highest BCUT2D eigenvalue weighted by molar-refractivity contribution is 5.90. The first-order valence-electron chi connectivity index (χ1n) is 7.53. The molecule has 1 aromatic carbocycles. The molecule has 0 bridgehead atoms. The van der Waals surface area contributed by atoms with Crippen LogP contribution in [-0.2, 0) is 14.3 Å². The van der Waals surface area contributed by atoms with Gasteiger partial charge in [0.2, 0.25) is 5.91 Å². The lowest BCUT2D eigenvalue weighted by Crippen LogP contribution is -2.41. The molecule has 0 spiro atoms. The average Bonchev–Trinajstić information content (AvgIpc) is 2.48. The van der Waals surface area contributed by atoms with Crippen molar-refractivity contribution >= 4 is 17.3 Å². The van der Waals surface area contributed by atoms with E-state index in [1.54, 1.807) is 0 Å². The van der Waals surface area contributed by atoms with Crippen molar-refractivity contribution in [3.05, 3.63) is 24.3 Å². The number of nitrogens with zero attached hydrogens (tertiary/aromatic N) is 1. The number of carbonyl (C=O) groups is 1. The molecule has 1 heterocycles. The minimum atomic E-state index is -0.0174. The Labute approximate surface area is 126 Å². The van der Waals surface area contributed by atoms with Gasteiger partial charge in [-0.15, -0.1) is 0 Å². The van der Waals surface area contributed by atoms with Gasteiger partial charge in [-0.05, 0) is 38.1 Å². The van der Waals surface area contributed by atoms with E-state index in [1.165, 1.54) is 0 Å². The summed E-state index contributed by atoms with van der Waals surface area (Å²) in [5.74, 6) is -0.0174. The maximum absolute atomic E-state index is 11.7. The molecule has 1 aliphatic rings. The number of benzene rings is 1. The van der Waals surface area contributed by atoms with Gasteiger partial charge in [-0.25, -0.2) is 0 Å². The summed E-state index contributed by atoms with van der Waals surface area (Å²) in [6.07, 6.45) is 0.646. The molecule has 5 heteroatoms. The summed E-state index contributed by atoms with van der Waals surface area (Å²) in [6.45, 7) is 7.68. The molecule has 1 fully saturated rings. The Balaban J connectivity index is 1.85. The number of morpholine rings is 1. The van der Waals surface area contributed by atoms with E-state index in [0.717, 1.165) is 31.1 Å². The fourth-order valence-corrected chi connectivity index (χ4v) is 2.34. The molecule has 1 atom stereocenters. The monoisotopic (exact) mass is 292 g/mol. The molecule has 5 nitrogen and oxygen atoms in total. The van der Waals surface area contributed by atoms with Crippen LogP contribution in [0.5, 0.6) is 0 Å². The standard InChI is InChI=1S/C16H24N2O3/c1-3-20-10-8-16(19)17-14-4-6-15(7-5-14)18-9-11-21-13(2)12-18/h4-7,13H,3,8-12H2,1-2H3,(H,17,19). The van der Waals surface area contributed by atoms with Gasteiger partial charge in [0.1, 0.15) is 0 Å². The summed E-state index contributed by atoms with van der Waals surface area (Å²) in [5.41, 5.74) is 1.99. The van der Waals surface area contributed by atoms with Gasteiger partial charge in [0, 0.05) is 31.1 Å². The van der Waals surface area contributed by atoms with Crippen LogP contribution in [0.3, 0.4) is 0 Å². The van der Waals surface area contributed by atoms with Gasteiger partial charge in [0.15, 0.2) is 0 Å². The molecule has 21 heavy (non-hydrogen) atoms. The first-order valence-corrected chi connectivity index (χ1v) is 7.53. The van der Waals surface area contributed by atoms with E-state index in [0.29, 0.717) is 19.6 Å². The minimum Gasteiger partial charge on any atom is -0.381 e. The molecule has 2 rings (SSSR count). The van der Waals surface area contributed by atoms with Crippen molar-refractivity contribution in [2.24, 2.45) is 0 Å². The number of ether oxygens (including phenoxy) is 2. The second kappa shape index (κ2) is 8.00. The van der Waals surface area contributed by atoms with Crippen molar-refractivity contribution in [3.8, 4) is 0 Å². The first-order chi connectivity index (χ1) is 10.2. The zero-order chi connectivity index (χ0) is 15.1. The lowest BCUT2D eigenvalue weighted by atomic mass is 10.2. The Morgan fingerprint density at radius 3 is 2.86 bits per heavy atom. The maximum Gasteiger partial charge on any atom is 0.226 e. The van der Waals surface area contributed by atoms with Crippen molar-refractivity contribution in [2.45, 2.75) is 26.4 Å². The molecule has 0 aromatic heterocycles. The van der Waals surface area contributed by atoms with Crippen LogP contribution in [0.15, 0.2) is 24.3 Å². The quantitative estimate of drug-likeness (QED) is 0.817. The SMILES string of the molecule is CCOCCC(=O)Nc1ccc(N2CCOC(C)C2)cc1. The third-order valence-electron chi connectivity index (χ3n) is 3.43. The zero-order valence-electron chi connectivity index (χ0n) is 12.8. The lowest BCUT2D eigenvalue weighted by Gasteiger charge is -2.33. The fraction of sp³-hybridized carbons (Fsp3) is 0.562. The van der Waals surface area contributed by atoms with Crippen LogP contribution in [-0.4, -0.2) is 44.9 Å². The van der Waals surface area contributed by atoms with Gasteiger partial charge in [0.25, 0.3) is 0 Å². The maximum atomic E-state index is 11.7. The highest BCUT2D eigenvalue weighted by Gasteiger charge is 2.16. The average molecular weight is 292 g/mol. The number of carbonyl (C=O) groups excluding carboxylic acids is 1. The minimum absolute atomic E-state index is 0.0174. The first kappa shape index (κ1) is 15.8. The molecule has 1 unspecified atom stereocenters. The molecule has 0 radical (unpaired) electrons. The molecule has 1 aliphatic heterocycles. The molecular formula is C16H24N2O3. The Bertz CT molecular complexity index is 447. The summed E-state index contributed by atoms with van der Waals surface area (Å²) < 4.78 is 10.7. The van der Waals surface area contributed by atoms with Crippen molar-refractivity contribution in [1.82, 2.24) is 0 Å². The summed E-state index contributed by atoms with van der Waals surface area (Å²) in [4.78, 5) is 14.0. The number of amides is 1. The van der Waals surface area contributed by atoms with E-state index >= 15 is 0 Å². The third kappa shape index (κ3) is 5.02. The van der Waals surface area contributed by atoms with Crippen LogP contribution < -0.4 is 10.2 Å². The fourth-order valence-electron chi connectivity index (χ4n) is 2.34. The number of anilines is 2. The van der Waals surface area contributed by atoms with Crippen molar-refractivity contribution in [3.63, 3.8) is 0 Å². The molecule has 0 saturated carbocycles. The highest BCUT2D eigenvalue weighted by Crippen LogP contribution is 2.20. The summed E-state index contributed by atoms with van der Waals surface area (Å²) >= 11 is 0. The van der Waals surface area contributed by atoms with E-state index in [-0.39, 0.29) is 12.0 Å². The zero-order valence-corrected chi connectivity index (χ0v) is 12.8. The summed E-state index contributed by atoms with van der Waals surface area (Å²) in [6, 6.07) is 7.95. The molecule has 0 aliphatic carbocycles. The van der Waals surface area contributed by atoms with Gasteiger partial charge >= 0.3 is 0 Å². The second-order valence-corrected chi connectivity index (χ2v) is 5.17. The van der Waals surface area contributed by atoms with Crippen LogP contribution in [0.4, 0.5) is 11.4 Å². The van der Waals surface area contributed by atoms with Crippen LogP contribution in [0, 0.1) is 0 Å². The number of hydrogen-bond acceptors (Lipinski definition) is 4.